The zero-order valence-electron chi connectivity index (χ0n) is 11.9. The minimum atomic E-state index is -0.736. The van der Waals surface area contributed by atoms with E-state index in [1.165, 1.54) is 0 Å². The van der Waals surface area contributed by atoms with Crippen LogP contribution in [0.5, 0.6) is 11.5 Å². The van der Waals surface area contributed by atoms with Gasteiger partial charge in [0.15, 0.2) is 0 Å². The molecule has 0 radical (unpaired) electrons. The van der Waals surface area contributed by atoms with Gasteiger partial charge in [-0.25, -0.2) is 0 Å². The van der Waals surface area contributed by atoms with Crippen molar-refractivity contribution < 1.29 is 18.4 Å². The lowest BCUT2D eigenvalue weighted by Gasteiger charge is -2.01. The SMILES string of the molecule is [2H]c1c([2H])c(O)c2c([2H])c([2H])c([2H])c(O)c2c1[2H]. The fourth-order valence-corrected chi connectivity index (χ4v) is 0.911. The maximum Gasteiger partial charge on any atom is 0.123 e. The molecule has 0 heterocycles. The van der Waals surface area contributed by atoms with Gasteiger partial charge in [0.05, 0.1) is 8.22 Å². The summed E-state index contributed by atoms with van der Waals surface area (Å²) in [5.41, 5.74) is 0. The summed E-state index contributed by atoms with van der Waals surface area (Å²) in [6.45, 7) is 0. The molecule has 0 aliphatic rings. The monoisotopic (exact) mass is 166 g/mol. The minimum Gasteiger partial charge on any atom is -0.507 e. The summed E-state index contributed by atoms with van der Waals surface area (Å²) < 4.78 is 45.0. The summed E-state index contributed by atoms with van der Waals surface area (Å²) in [6.07, 6.45) is 0. The Morgan fingerprint density at radius 1 is 0.833 bits per heavy atom. The average Bonchev–Trinajstić information content (AvgIpc) is 2.35. The molecule has 0 atom stereocenters. The van der Waals surface area contributed by atoms with Gasteiger partial charge in [-0.15, -0.1) is 0 Å². The van der Waals surface area contributed by atoms with E-state index < -0.39 is 47.8 Å². The third kappa shape index (κ3) is 0.889. The van der Waals surface area contributed by atoms with Crippen molar-refractivity contribution in [2.45, 2.75) is 0 Å². The summed E-state index contributed by atoms with van der Waals surface area (Å²) in [5.74, 6) is -1.47. The molecule has 0 aliphatic heterocycles. The van der Waals surface area contributed by atoms with Crippen molar-refractivity contribution in [1.82, 2.24) is 0 Å². The highest BCUT2D eigenvalue weighted by Crippen LogP contribution is 2.29. The highest BCUT2D eigenvalue weighted by Gasteiger charge is 2.00. The normalized spacial score (nSPS) is 17.3. The van der Waals surface area contributed by atoms with E-state index in [4.69, 9.17) is 8.22 Å². The molecule has 0 bridgehead atoms. The molecular weight excluding hydrogens is 152 g/mol. The summed E-state index contributed by atoms with van der Waals surface area (Å²) >= 11 is 0. The van der Waals surface area contributed by atoms with Gasteiger partial charge in [0, 0.05) is 10.8 Å². The highest BCUT2D eigenvalue weighted by atomic mass is 16.3. The van der Waals surface area contributed by atoms with Gasteiger partial charge in [-0.05, 0) is 12.1 Å². The Kier molecular flexibility index (Phi) is 0.598. The molecule has 2 nitrogen and oxygen atoms in total. The molecule has 0 aromatic heterocycles. The number of aromatic hydroxyl groups is 2. The first kappa shape index (κ1) is 2.98. The van der Waals surface area contributed by atoms with Crippen molar-refractivity contribution in [2.24, 2.45) is 0 Å². The fraction of sp³-hybridized carbons (Fsp3) is 0. The fourth-order valence-electron chi connectivity index (χ4n) is 0.911. The van der Waals surface area contributed by atoms with E-state index in [9.17, 15) is 10.2 Å². The van der Waals surface area contributed by atoms with Gasteiger partial charge in [0.1, 0.15) is 11.5 Å². The summed E-state index contributed by atoms with van der Waals surface area (Å²) in [6, 6.07) is -3.59. The lowest BCUT2D eigenvalue weighted by Crippen LogP contribution is -1.73. The number of fused-ring (bicyclic) bond motifs is 1. The Balaban J connectivity index is 3.22. The molecule has 0 spiro atoms. The largest absolute Gasteiger partial charge is 0.507 e. The van der Waals surface area contributed by atoms with Crippen molar-refractivity contribution in [3.63, 3.8) is 0 Å². The number of phenolic OH excluding ortho intramolecular Hbond substituents is 2. The Bertz CT molecular complexity index is 569. The van der Waals surface area contributed by atoms with E-state index in [1.807, 2.05) is 0 Å². The van der Waals surface area contributed by atoms with Crippen LogP contribution in [0.2, 0.25) is 0 Å². The first-order valence-corrected chi connectivity index (χ1v) is 3.20. The molecule has 0 amide bonds. The number of benzene rings is 2. The second kappa shape index (κ2) is 2.41. The van der Waals surface area contributed by atoms with Crippen LogP contribution in [0.4, 0.5) is 0 Å². The highest BCUT2D eigenvalue weighted by molar-refractivity contribution is 5.92. The van der Waals surface area contributed by atoms with Crippen LogP contribution in [0.1, 0.15) is 8.22 Å². The molecule has 0 fully saturated rings. The average molecular weight is 166 g/mol. The van der Waals surface area contributed by atoms with Crippen LogP contribution < -0.4 is 0 Å². The molecule has 0 unspecified atom stereocenters. The van der Waals surface area contributed by atoms with E-state index in [-0.39, 0.29) is 10.8 Å². The van der Waals surface area contributed by atoms with Gasteiger partial charge in [-0.3, -0.25) is 0 Å². The molecule has 2 N–H and O–H groups in total. The molecule has 12 heavy (non-hydrogen) atoms. The van der Waals surface area contributed by atoms with Crippen molar-refractivity contribution in [3.05, 3.63) is 36.3 Å². The summed E-state index contributed by atoms with van der Waals surface area (Å²) in [4.78, 5) is 0. The molecule has 2 rings (SSSR count). The van der Waals surface area contributed by atoms with Gasteiger partial charge < -0.3 is 10.2 Å². The van der Waals surface area contributed by atoms with E-state index >= 15 is 0 Å². The molecule has 0 aliphatic carbocycles. The van der Waals surface area contributed by atoms with Crippen LogP contribution in [-0.2, 0) is 0 Å². The lowest BCUT2D eigenvalue weighted by molar-refractivity contribution is 0.475. The van der Waals surface area contributed by atoms with Crippen LogP contribution in [0.3, 0.4) is 0 Å². The number of hydrogen-bond acceptors (Lipinski definition) is 2. The topological polar surface area (TPSA) is 40.5 Å². The van der Waals surface area contributed by atoms with Crippen molar-refractivity contribution in [2.75, 3.05) is 0 Å². The first-order valence-electron chi connectivity index (χ1n) is 6.20. The second-order valence-electron chi connectivity index (χ2n) is 2.20. The zero-order valence-corrected chi connectivity index (χ0v) is 5.89. The standard InChI is InChI=1S/C10H8O2/c11-9-5-1-3-7-8(9)4-2-6-10(7)12/h1-6,11-12H/i1D,2D,3D,4D,5D,6D. The maximum absolute atomic E-state index is 9.72. The predicted molar refractivity (Wildman–Crippen MR) is 47.3 cm³/mol. The lowest BCUT2D eigenvalue weighted by atomic mass is 10.1. The summed E-state index contributed by atoms with van der Waals surface area (Å²) in [5, 5.41) is 18.7. The van der Waals surface area contributed by atoms with Crippen molar-refractivity contribution >= 4 is 10.8 Å². The molecule has 0 saturated heterocycles. The Hall–Kier alpha value is -1.70. The van der Waals surface area contributed by atoms with Gasteiger partial charge in [-0.1, -0.05) is 24.2 Å². The first-order chi connectivity index (χ1) is 8.29. The van der Waals surface area contributed by atoms with Crippen LogP contribution in [0.25, 0.3) is 10.8 Å². The van der Waals surface area contributed by atoms with Crippen molar-refractivity contribution in [1.29, 1.82) is 0 Å². The van der Waals surface area contributed by atoms with E-state index in [0.29, 0.717) is 0 Å². The third-order valence-electron chi connectivity index (χ3n) is 1.46. The molecule has 2 aromatic rings. The summed E-state index contributed by atoms with van der Waals surface area (Å²) in [7, 11) is 0. The van der Waals surface area contributed by atoms with E-state index in [0.717, 1.165) is 0 Å². The predicted octanol–water partition coefficient (Wildman–Crippen LogP) is 2.25. The van der Waals surface area contributed by atoms with Crippen LogP contribution >= 0.6 is 0 Å². The Morgan fingerprint density at radius 2 is 1.25 bits per heavy atom. The van der Waals surface area contributed by atoms with Gasteiger partial charge in [0.25, 0.3) is 0 Å². The van der Waals surface area contributed by atoms with E-state index in [2.05, 4.69) is 0 Å². The molecule has 2 heteroatoms. The Morgan fingerprint density at radius 3 is 1.67 bits per heavy atom. The molecule has 60 valence electrons. The number of rotatable bonds is 0. The molecule has 2 aromatic carbocycles. The number of hydrogen-bond donors (Lipinski definition) is 2. The van der Waals surface area contributed by atoms with Gasteiger partial charge in [-0.2, -0.15) is 0 Å². The van der Waals surface area contributed by atoms with Crippen molar-refractivity contribution in [3.8, 4) is 11.5 Å². The van der Waals surface area contributed by atoms with E-state index in [1.54, 1.807) is 0 Å². The van der Waals surface area contributed by atoms with Crippen LogP contribution in [0.15, 0.2) is 36.3 Å². The maximum atomic E-state index is 9.72. The van der Waals surface area contributed by atoms with Gasteiger partial charge >= 0.3 is 0 Å². The van der Waals surface area contributed by atoms with Crippen LogP contribution in [-0.4, -0.2) is 10.2 Å². The Labute approximate surface area is 78.1 Å². The molecular formula is C10H8O2. The molecule has 0 saturated carbocycles. The third-order valence-corrected chi connectivity index (χ3v) is 1.46. The van der Waals surface area contributed by atoms with Gasteiger partial charge in [0.2, 0.25) is 0 Å². The quantitative estimate of drug-likeness (QED) is 0.630. The minimum absolute atomic E-state index is 0.348. The second-order valence-corrected chi connectivity index (χ2v) is 2.20. The number of phenols is 2. The van der Waals surface area contributed by atoms with Crippen LogP contribution in [0, 0.1) is 0 Å². The zero-order chi connectivity index (χ0) is 13.8. The smallest absolute Gasteiger partial charge is 0.123 e.